The molecule has 22 heteroatoms. The van der Waals surface area contributed by atoms with Gasteiger partial charge in [0.1, 0.15) is 23.7 Å². The fourth-order valence-electron chi connectivity index (χ4n) is 12.2. The van der Waals surface area contributed by atoms with E-state index in [1.54, 1.807) is 41.5 Å². The van der Waals surface area contributed by atoms with E-state index in [0.717, 1.165) is 29.5 Å². The van der Waals surface area contributed by atoms with Crippen molar-refractivity contribution in [2.24, 2.45) is 59.0 Å². The van der Waals surface area contributed by atoms with E-state index in [0.29, 0.717) is 64.2 Å². The predicted molar refractivity (Wildman–Crippen MR) is 352 cm³/mol. The first-order valence-corrected chi connectivity index (χ1v) is 33.9. The van der Waals surface area contributed by atoms with Crippen LogP contribution in [0.2, 0.25) is 0 Å². The number of benzene rings is 2. The maximum Gasteiger partial charge on any atom is 0.329 e. The normalized spacial score (nSPS) is 21.6. The molecular weight excluding hydrogens is 1190 g/mol. The van der Waals surface area contributed by atoms with Crippen LogP contribution in [-0.2, 0) is 68.7 Å². The van der Waals surface area contributed by atoms with Gasteiger partial charge in [0.2, 0.25) is 41.4 Å². The lowest BCUT2D eigenvalue weighted by Crippen LogP contribution is -2.62. The van der Waals surface area contributed by atoms with Gasteiger partial charge in [0, 0.05) is 49.9 Å². The Balaban J connectivity index is 1.51. The number of ether oxygens (including phenoxy) is 1. The second-order valence-corrected chi connectivity index (χ2v) is 26.5. The molecule has 10 N–H and O–H groups in total. The fraction of sp³-hybridized carbons (Fsp3) is 0.662. The number of ketones is 4. The van der Waals surface area contributed by atoms with Gasteiger partial charge in [0.05, 0.1) is 43.2 Å². The first-order valence-electron chi connectivity index (χ1n) is 33.9. The monoisotopic (exact) mass is 1300 g/mol. The summed E-state index contributed by atoms with van der Waals surface area (Å²) in [5, 5.41) is 38.1. The molecule has 1 aliphatic heterocycles. The Morgan fingerprint density at radius 2 is 1.15 bits per heavy atom. The third-order valence-corrected chi connectivity index (χ3v) is 19.6. The zero-order chi connectivity index (χ0) is 69.3. The quantitative estimate of drug-likeness (QED) is 0.0349. The maximum absolute atomic E-state index is 14.6. The third-order valence-electron chi connectivity index (χ3n) is 19.6. The number of nitrogens with one attached hydrogen (secondary N) is 6. The molecular formula is C71H107N7O15. The van der Waals surface area contributed by atoms with Crippen molar-refractivity contribution in [3.8, 4) is 11.1 Å². The average molecular weight is 1300 g/mol. The van der Waals surface area contributed by atoms with Gasteiger partial charge >= 0.3 is 5.97 Å². The highest BCUT2D eigenvalue weighted by atomic mass is 16.5. The maximum atomic E-state index is 14.6. The summed E-state index contributed by atoms with van der Waals surface area (Å²) in [4.78, 5) is 169. The molecule has 22 nitrogen and oxygen atoms in total. The first-order chi connectivity index (χ1) is 44.1. The number of aliphatic hydroxyl groups is 2. The number of nitrogens with two attached hydrogens (primary N) is 1. The van der Waals surface area contributed by atoms with E-state index < -0.39 is 193 Å². The number of carbonyl (C=O) groups is 12. The molecule has 516 valence electrons. The molecule has 1 heterocycles. The molecule has 0 radical (unpaired) electrons. The van der Waals surface area contributed by atoms with Crippen molar-refractivity contribution in [1.29, 1.82) is 0 Å². The van der Waals surface area contributed by atoms with Crippen molar-refractivity contribution in [2.45, 2.75) is 234 Å². The minimum atomic E-state index is -1.57. The van der Waals surface area contributed by atoms with E-state index in [1.165, 1.54) is 13.8 Å². The lowest BCUT2D eigenvalue weighted by atomic mass is 9.83. The number of cyclic esters (lactones) is 1. The van der Waals surface area contributed by atoms with Gasteiger partial charge in [-0.2, -0.15) is 0 Å². The van der Waals surface area contributed by atoms with Gasteiger partial charge in [-0.3, -0.25) is 52.7 Å². The minimum Gasteiger partial charge on any atom is -0.458 e. The number of rotatable bonds is 34. The van der Waals surface area contributed by atoms with Crippen LogP contribution in [0, 0.1) is 53.3 Å². The van der Waals surface area contributed by atoms with Crippen molar-refractivity contribution in [1.82, 2.24) is 31.9 Å². The van der Waals surface area contributed by atoms with Crippen LogP contribution in [0.3, 0.4) is 0 Å². The van der Waals surface area contributed by atoms with Crippen molar-refractivity contribution in [2.75, 3.05) is 13.2 Å². The molecule has 0 unspecified atom stereocenters. The summed E-state index contributed by atoms with van der Waals surface area (Å²) in [5.41, 5.74) is 7.21. The second-order valence-electron chi connectivity index (χ2n) is 26.5. The largest absolute Gasteiger partial charge is 0.458 e. The molecule has 15 atom stereocenters. The zero-order valence-electron chi connectivity index (χ0n) is 56.8. The van der Waals surface area contributed by atoms with E-state index in [9.17, 15) is 67.7 Å². The van der Waals surface area contributed by atoms with Crippen molar-refractivity contribution in [3.05, 3.63) is 60.2 Å². The summed E-state index contributed by atoms with van der Waals surface area (Å²) in [5.74, 6) is -15.6. The van der Waals surface area contributed by atoms with Crippen LogP contribution in [0.4, 0.5) is 0 Å². The average Bonchev–Trinajstić information content (AvgIpc) is 2.01. The molecule has 93 heavy (non-hydrogen) atoms. The molecule has 0 aromatic heterocycles. The van der Waals surface area contributed by atoms with Gasteiger partial charge in [0.25, 0.3) is 0 Å². The standard InChI is InChI=1S/C71H107N7O15/c1-12-41(6)53(38-55(81)54(30-31-59(72)85)73-66(88)51(39-79)36-57(83)60(42(7)13-2)74-65(87)48(16-5)35-47-26-28-50(29-27-47)49-24-20-19-21-25-49)68(90)75-61(43(8)14-3)58(84)37-52(40-80)67(89)76-63-46(11)93-69(91)62(44(9)15-4)77-70(92)71(32-22-17-18-23-33-71)78-64(86)45(10)34-56(63)82/h19-21,24-29,41-46,48,51-54,60-63,79-80H,12-18,22-23,30-40H2,1-11H3,(H2,72,85)(H,73,88)(H,74,87)(H,75,90)(H,76,89)(H,77,92)(H,78,86)/t41-,42-,43-,44-,45+,46-,48+,51-,52-,53+,54+,60-,61-,62-,63+/m0/s1. The highest BCUT2D eigenvalue weighted by Crippen LogP contribution is 2.31. The van der Waals surface area contributed by atoms with Crippen LogP contribution >= 0.6 is 0 Å². The number of Topliss-reactive ketones (excluding diaryl/α,β-unsaturated/α-hetero) is 4. The van der Waals surface area contributed by atoms with Crippen LogP contribution in [0.5, 0.6) is 0 Å². The Labute approximate surface area is 549 Å². The molecule has 2 aliphatic rings. The topological polar surface area (TPSA) is 353 Å². The highest BCUT2D eigenvalue weighted by Gasteiger charge is 2.46. The Bertz CT molecular complexity index is 2860. The van der Waals surface area contributed by atoms with Gasteiger partial charge in [-0.05, 0) is 79.4 Å². The van der Waals surface area contributed by atoms with Crippen LogP contribution in [-0.4, -0.2) is 136 Å². The van der Waals surface area contributed by atoms with Gasteiger partial charge in [-0.1, -0.05) is 175 Å². The lowest BCUT2D eigenvalue weighted by molar-refractivity contribution is -0.157. The second kappa shape index (κ2) is 38.2. The van der Waals surface area contributed by atoms with Crippen molar-refractivity contribution < 1.29 is 72.5 Å². The molecule has 7 amide bonds. The van der Waals surface area contributed by atoms with Crippen LogP contribution in [0.1, 0.15) is 191 Å². The van der Waals surface area contributed by atoms with Crippen LogP contribution in [0.15, 0.2) is 54.6 Å². The number of amides is 7. The highest BCUT2D eigenvalue weighted by molar-refractivity contribution is 6.00. The molecule has 0 bridgehead atoms. The molecule has 1 saturated heterocycles. The Hall–Kier alpha value is -7.20. The third kappa shape index (κ3) is 22.8. The Kier molecular flexibility index (Phi) is 32.2. The number of carbonyl (C=O) groups excluding carboxylic acids is 12. The summed E-state index contributed by atoms with van der Waals surface area (Å²) in [6.45, 7) is 17.3. The number of hydrogen-bond acceptors (Lipinski definition) is 15. The van der Waals surface area contributed by atoms with Gasteiger partial charge in [-0.25, -0.2) is 4.79 Å². The van der Waals surface area contributed by atoms with E-state index in [1.807, 2.05) is 75.4 Å². The fourth-order valence-corrected chi connectivity index (χ4v) is 12.2. The van der Waals surface area contributed by atoms with Gasteiger partial charge in [-0.15, -0.1) is 0 Å². The lowest BCUT2D eigenvalue weighted by Gasteiger charge is -2.35. The summed E-state index contributed by atoms with van der Waals surface area (Å²) in [7, 11) is 0. The van der Waals surface area contributed by atoms with Crippen molar-refractivity contribution in [3.63, 3.8) is 0 Å². The van der Waals surface area contributed by atoms with E-state index >= 15 is 0 Å². The Morgan fingerprint density at radius 1 is 0.624 bits per heavy atom. The molecule has 1 spiro atoms. The summed E-state index contributed by atoms with van der Waals surface area (Å²) in [6, 6.07) is 11.3. The molecule has 1 aliphatic carbocycles. The number of esters is 1. The first kappa shape index (κ1) is 78.2. The Morgan fingerprint density at radius 3 is 1.67 bits per heavy atom. The molecule has 2 aromatic rings. The summed E-state index contributed by atoms with van der Waals surface area (Å²) < 4.78 is 5.87. The molecule has 1 saturated carbocycles. The summed E-state index contributed by atoms with van der Waals surface area (Å²) >= 11 is 0. The zero-order valence-corrected chi connectivity index (χ0v) is 56.8. The predicted octanol–water partition coefficient (Wildman–Crippen LogP) is 6.26. The molecule has 4 rings (SSSR count). The van der Waals surface area contributed by atoms with Crippen molar-refractivity contribution >= 4 is 70.5 Å². The van der Waals surface area contributed by atoms with E-state index in [2.05, 4.69) is 31.9 Å². The number of hydrogen-bond donors (Lipinski definition) is 9. The number of aliphatic hydroxyl groups excluding tert-OH is 2. The number of primary amides is 1. The van der Waals surface area contributed by atoms with Gasteiger partial charge < -0.3 is 52.6 Å². The van der Waals surface area contributed by atoms with Crippen LogP contribution in [0.25, 0.3) is 11.1 Å². The smallest absolute Gasteiger partial charge is 0.329 e. The molecule has 2 aromatic carbocycles. The minimum absolute atomic E-state index is 0.294. The molecule has 2 fully saturated rings. The van der Waals surface area contributed by atoms with E-state index in [4.69, 9.17) is 10.5 Å². The van der Waals surface area contributed by atoms with Gasteiger partial charge in [0.15, 0.2) is 23.1 Å². The van der Waals surface area contributed by atoms with Crippen LogP contribution < -0.4 is 37.6 Å². The summed E-state index contributed by atoms with van der Waals surface area (Å²) in [6.07, 6.45) is 2.04. The van der Waals surface area contributed by atoms with E-state index in [-0.39, 0.29) is 24.7 Å². The SMILES string of the molecule is CC[C@H](Cc1ccc(-c2ccccc2)cc1)C(=O)N[C@H](C(=O)C[C@@H](CO)C(=O)N[C@H](CCC(N)=O)C(=O)C[C@@H](C(=O)N[C@H](C(=O)C[C@@H](CO)C(=O)N[C@H]1C(=O)C[C@@H](C)C(=O)NC2(CCCCCC2)C(=O)N[C@@H]([C@@H](C)CC)C(=O)O[C@H]1C)[C@@H](C)CC)[C@@H](C)CC)[C@@H](C)CC.